The molecule has 3 rings (SSSR count). The summed E-state index contributed by atoms with van der Waals surface area (Å²) in [7, 11) is 0. The monoisotopic (exact) mass is 311 g/mol. The highest BCUT2D eigenvalue weighted by molar-refractivity contribution is 5.60. The molecule has 0 atom stereocenters. The van der Waals surface area contributed by atoms with Crippen LogP contribution in [0.2, 0.25) is 0 Å². The van der Waals surface area contributed by atoms with Gasteiger partial charge in [-0.2, -0.15) is 0 Å². The molecule has 1 aliphatic carbocycles. The average molecular weight is 311 g/mol. The molecule has 0 spiro atoms. The molecular weight excluding hydrogens is 285 g/mol. The minimum Gasteiger partial charge on any atom is -0.256 e. The van der Waals surface area contributed by atoms with Gasteiger partial charge in [0.1, 0.15) is 5.82 Å². The van der Waals surface area contributed by atoms with Gasteiger partial charge in [-0.15, -0.1) is 0 Å². The van der Waals surface area contributed by atoms with E-state index in [2.05, 4.69) is 18.0 Å². The molecule has 0 radical (unpaired) electrons. The SMILES string of the molecule is CCCC1CCC(c2ccc(-c3ccc(C)cc3F)nc2)CC1. The molecule has 1 aliphatic rings. The predicted octanol–water partition coefficient (Wildman–Crippen LogP) is 6.27. The van der Waals surface area contributed by atoms with Gasteiger partial charge in [0.15, 0.2) is 0 Å². The number of benzene rings is 1. The van der Waals surface area contributed by atoms with Gasteiger partial charge < -0.3 is 0 Å². The lowest BCUT2D eigenvalue weighted by Crippen LogP contribution is -2.13. The third kappa shape index (κ3) is 3.80. The van der Waals surface area contributed by atoms with E-state index in [-0.39, 0.29) is 5.82 Å². The Labute approximate surface area is 139 Å². The maximum Gasteiger partial charge on any atom is 0.132 e. The number of hydrogen-bond donors (Lipinski definition) is 0. The molecule has 1 fully saturated rings. The zero-order valence-corrected chi connectivity index (χ0v) is 14.2. The number of pyridine rings is 1. The number of halogens is 1. The van der Waals surface area contributed by atoms with E-state index in [9.17, 15) is 4.39 Å². The summed E-state index contributed by atoms with van der Waals surface area (Å²) < 4.78 is 14.1. The Balaban J connectivity index is 1.70. The van der Waals surface area contributed by atoms with Crippen LogP contribution in [0.25, 0.3) is 11.3 Å². The molecule has 1 heterocycles. The summed E-state index contributed by atoms with van der Waals surface area (Å²) in [4.78, 5) is 4.53. The second-order valence-electron chi connectivity index (χ2n) is 6.97. The van der Waals surface area contributed by atoms with Crippen molar-refractivity contribution in [2.75, 3.05) is 0 Å². The fourth-order valence-corrected chi connectivity index (χ4v) is 3.83. The van der Waals surface area contributed by atoms with Gasteiger partial charge in [0, 0.05) is 11.8 Å². The Kier molecular flexibility index (Phi) is 5.09. The lowest BCUT2D eigenvalue weighted by atomic mass is 9.77. The van der Waals surface area contributed by atoms with Gasteiger partial charge in [-0.05, 0) is 73.8 Å². The lowest BCUT2D eigenvalue weighted by Gasteiger charge is -2.28. The highest BCUT2D eigenvalue weighted by atomic mass is 19.1. The number of rotatable bonds is 4. The van der Waals surface area contributed by atoms with Crippen LogP contribution in [-0.4, -0.2) is 4.98 Å². The maximum atomic E-state index is 14.1. The van der Waals surface area contributed by atoms with Crippen molar-refractivity contribution < 1.29 is 4.39 Å². The summed E-state index contributed by atoms with van der Waals surface area (Å²) in [6.07, 6.45) is 9.85. The summed E-state index contributed by atoms with van der Waals surface area (Å²) in [6, 6.07) is 9.44. The van der Waals surface area contributed by atoms with Crippen molar-refractivity contribution in [3.8, 4) is 11.3 Å². The standard InChI is InChI=1S/C21H26FN/c1-3-4-16-6-8-17(9-7-16)18-10-12-21(23-14-18)19-11-5-15(2)13-20(19)22/h5,10-14,16-17H,3-4,6-9H2,1-2H3. The first-order valence-electron chi connectivity index (χ1n) is 8.90. The molecule has 0 bridgehead atoms. The zero-order valence-electron chi connectivity index (χ0n) is 14.2. The highest BCUT2D eigenvalue weighted by Gasteiger charge is 2.22. The van der Waals surface area contributed by atoms with Crippen LogP contribution in [0.4, 0.5) is 4.39 Å². The van der Waals surface area contributed by atoms with Gasteiger partial charge in [0.2, 0.25) is 0 Å². The Morgan fingerprint density at radius 3 is 2.48 bits per heavy atom. The van der Waals surface area contributed by atoms with Crippen molar-refractivity contribution in [1.29, 1.82) is 0 Å². The molecule has 2 heteroatoms. The fraction of sp³-hybridized carbons (Fsp3) is 0.476. The number of aryl methyl sites for hydroxylation is 1. The highest BCUT2D eigenvalue weighted by Crippen LogP contribution is 2.37. The first-order chi connectivity index (χ1) is 11.2. The quantitative estimate of drug-likeness (QED) is 0.648. The molecule has 0 unspecified atom stereocenters. The Hall–Kier alpha value is -1.70. The molecule has 23 heavy (non-hydrogen) atoms. The number of hydrogen-bond acceptors (Lipinski definition) is 1. The minimum atomic E-state index is -0.190. The van der Waals surface area contributed by atoms with E-state index in [1.165, 1.54) is 44.1 Å². The van der Waals surface area contributed by atoms with Crippen LogP contribution in [0.15, 0.2) is 36.5 Å². The molecule has 122 valence electrons. The molecule has 1 aromatic heterocycles. The van der Waals surface area contributed by atoms with E-state index in [1.807, 2.05) is 31.3 Å². The number of aromatic nitrogens is 1. The molecule has 2 aromatic rings. The van der Waals surface area contributed by atoms with Crippen LogP contribution in [-0.2, 0) is 0 Å². The van der Waals surface area contributed by atoms with Gasteiger partial charge in [0.05, 0.1) is 5.69 Å². The normalized spacial score (nSPS) is 21.3. The summed E-state index contributed by atoms with van der Waals surface area (Å²) >= 11 is 0. The van der Waals surface area contributed by atoms with E-state index in [1.54, 1.807) is 6.07 Å². The van der Waals surface area contributed by atoms with Crippen LogP contribution in [0.1, 0.15) is 62.5 Å². The van der Waals surface area contributed by atoms with Gasteiger partial charge in [-0.1, -0.05) is 31.9 Å². The van der Waals surface area contributed by atoms with Crippen LogP contribution in [0, 0.1) is 18.7 Å². The van der Waals surface area contributed by atoms with Gasteiger partial charge in [0.25, 0.3) is 0 Å². The third-order valence-corrected chi connectivity index (χ3v) is 5.20. The fourth-order valence-electron chi connectivity index (χ4n) is 3.83. The Morgan fingerprint density at radius 1 is 1.09 bits per heavy atom. The number of nitrogens with zero attached hydrogens (tertiary/aromatic N) is 1. The maximum absolute atomic E-state index is 14.1. The molecule has 1 saturated carbocycles. The van der Waals surface area contributed by atoms with Gasteiger partial charge in [-0.3, -0.25) is 4.98 Å². The largest absolute Gasteiger partial charge is 0.256 e. The van der Waals surface area contributed by atoms with Crippen LogP contribution in [0.3, 0.4) is 0 Å². The van der Waals surface area contributed by atoms with E-state index in [0.717, 1.165) is 17.2 Å². The van der Waals surface area contributed by atoms with Crippen molar-refractivity contribution in [3.63, 3.8) is 0 Å². The first-order valence-corrected chi connectivity index (χ1v) is 8.90. The first kappa shape index (κ1) is 16.2. The molecule has 1 nitrogen and oxygen atoms in total. The third-order valence-electron chi connectivity index (χ3n) is 5.20. The summed E-state index contributed by atoms with van der Waals surface area (Å²) in [6.45, 7) is 4.18. The van der Waals surface area contributed by atoms with E-state index >= 15 is 0 Å². The molecule has 0 saturated heterocycles. The lowest BCUT2D eigenvalue weighted by molar-refractivity contribution is 0.308. The Bertz CT molecular complexity index is 639. The van der Waals surface area contributed by atoms with Crippen LogP contribution in [0.5, 0.6) is 0 Å². The topological polar surface area (TPSA) is 12.9 Å². The van der Waals surface area contributed by atoms with Crippen molar-refractivity contribution in [2.45, 2.75) is 58.3 Å². The predicted molar refractivity (Wildman–Crippen MR) is 94.0 cm³/mol. The van der Waals surface area contributed by atoms with Crippen LogP contribution < -0.4 is 0 Å². The molecule has 0 N–H and O–H groups in total. The smallest absolute Gasteiger partial charge is 0.132 e. The van der Waals surface area contributed by atoms with Crippen molar-refractivity contribution in [1.82, 2.24) is 4.98 Å². The summed E-state index contributed by atoms with van der Waals surface area (Å²) in [5.41, 5.74) is 3.57. The average Bonchev–Trinajstić information content (AvgIpc) is 2.56. The molecule has 1 aromatic carbocycles. The second kappa shape index (κ2) is 7.25. The van der Waals surface area contributed by atoms with Crippen molar-refractivity contribution in [3.05, 3.63) is 53.5 Å². The summed E-state index contributed by atoms with van der Waals surface area (Å²) in [5.74, 6) is 1.36. The van der Waals surface area contributed by atoms with Gasteiger partial charge in [-0.25, -0.2) is 4.39 Å². The van der Waals surface area contributed by atoms with E-state index < -0.39 is 0 Å². The van der Waals surface area contributed by atoms with Crippen molar-refractivity contribution >= 4 is 0 Å². The summed E-state index contributed by atoms with van der Waals surface area (Å²) in [5, 5.41) is 0. The molecule has 0 aliphatic heterocycles. The zero-order chi connectivity index (χ0) is 16.2. The van der Waals surface area contributed by atoms with Gasteiger partial charge >= 0.3 is 0 Å². The molecular formula is C21H26FN. The van der Waals surface area contributed by atoms with Crippen molar-refractivity contribution in [2.24, 2.45) is 5.92 Å². The minimum absolute atomic E-state index is 0.190. The van der Waals surface area contributed by atoms with E-state index in [4.69, 9.17) is 0 Å². The second-order valence-corrected chi connectivity index (χ2v) is 6.97. The molecule has 0 amide bonds. The Morgan fingerprint density at radius 2 is 1.87 bits per heavy atom. The van der Waals surface area contributed by atoms with E-state index in [0.29, 0.717) is 11.5 Å². The van der Waals surface area contributed by atoms with Crippen LogP contribution >= 0.6 is 0 Å².